The molecule has 2 aromatic heterocycles. The minimum Gasteiger partial charge on any atom is -0.318 e. The van der Waals surface area contributed by atoms with Crippen LogP contribution in [0.3, 0.4) is 0 Å². The van der Waals surface area contributed by atoms with Crippen molar-refractivity contribution in [3.05, 3.63) is 52.2 Å². The lowest BCUT2D eigenvalue weighted by Crippen LogP contribution is -2.23. The van der Waals surface area contributed by atoms with E-state index in [0.29, 0.717) is 11.6 Å². The first kappa shape index (κ1) is 13.6. The molecule has 3 rings (SSSR count). The van der Waals surface area contributed by atoms with E-state index in [9.17, 15) is 4.79 Å². The third-order valence-electron chi connectivity index (χ3n) is 3.91. The maximum atomic E-state index is 11.4. The van der Waals surface area contributed by atoms with Gasteiger partial charge in [0.1, 0.15) is 6.07 Å². The minimum atomic E-state index is 0.0126. The molecule has 0 N–H and O–H groups in total. The molecule has 0 aromatic carbocycles. The average molecular weight is 283 g/mol. The van der Waals surface area contributed by atoms with Gasteiger partial charge in [0.15, 0.2) is 0 Å². The summed E-state index contributed by atoms with van der Waals surface area (Å²) < 4.78 is 3.49. The first-order chi connectivity index (χ1) is 10.2. The van der Waals surface area contributed by atoms with Crippen molar-refractivity contribution in [3.63, 3.8) is 0 Å². The van der Waals surface area contributed by atoms with Gasteiger partial charge in [-0.2, -0.15) is 10.4 Å². The standard InChI is InChI=1S/C15H17N5O/c1-18-8-12(2-3-15(18)21)9-19-5-4-14(11-19)20-10-13(6-16)7-17-20/h2-3,7-8,10,14H,4-5,9,11H2,1H3. The van der Waals surface area contributed by atoms with Crippen molar-refractivity contribution in [2.45, 2.75) is 19.0 Å². The van der Waals surface area contributed by atoms with Gasteiger partial charge in [-0.1, -0.05) is 6.07 Å². The summed E-state index contributed by atoms with van der Waals surface area (Å²) in [5, 5.41) is 13.1. The fraction of sp³-hybridized carbons (Fsp3) is 0.400. The Morgan fingerprint density at radius 3 is 3.00 bits per heavy atom. The number of hydrogen-bond acceptors (Lipinski definition) is 4. The van der Waals surface area contributed by atoms with Gasteiger partial charge >= 0.3 is 0 Å². The molecule has 1 atom stereocenters. The third-order valence-corrected chi connectivity index (χ3v) is 3.91. The molecule has 6 nitrogen and oxygen atoms in total. The van der Waals surface area contributed by atoms with Crippen LogP contribution in [-0.2, 0) is 13.6 Å². The van der Waals surface area contributed by atoms with E-state index < -0.39 is 0 Å². The van der Waals surface area contributed by atoms with Crippen molar-refractivity contribution in [2.75, 3.05) is 13.1 Å². The Morgan fingerprint density at radius 2 is 2.29 bits per heavy atom. The van der Waals surface area contributed by atoms with Crippen LogP contribution < -0.4 is 5.56 Å². The first-order valence-electron chi connectivity index (χ1n) is 6.98. The molecule has 3 heterocycles. The van der Waals surface area contributed by atoms with Crippen molar-refractivity contribution in [2.24, 2.45) is 7.05 Å². The van der Waals surface area contributed by atoms with E-state index in [1.165, 1.54) is 0 Å². The fourth-order valence-electron chi connectivity index (χ4n) is 2.77. The molecule has 21 heavy (non-hydrogen) atoms. The second-order valence-corrected chi connectivity index (χ2v) is 5.48. The van der Waals surface area contributed by atoms with Crippen LogP contribution >= 0.6 is 0 Å². The SMILES string of the molecule is Cn1cc(CN2CCC(n3cc(C#N)cn3)C2)ccc1=O. The van der Waals surface area contributed by atoms with Gasteiger partial charge in [0.05, 0.1) is 17.8 Å². The zero-order chi connectivity index (χ0) is 14.8. The summed E-state index contributed by atoms with van der Waals surface area (Å²) in [4.78, 5) is 13.7. The molecule has 1 aliphatic heterocycles. The molecule has 2 aromatic rings. The van der Waals surface area contributed by atoms with Crippen LogP contribution in [0, 0.1) is 11.3 Å². The summed E-state index contributed by atoms with van der Waals surface area (Å²) in [5.74, 6) is 0. The number of rotatable bonds is 3. The quantitative estimate of drug-likeness (QED) is 0.839. The second kappa shape index (κ2) is 5.54. The van der Waals surface area contributed by atoms with E-state index in [1.54, 1.807) is 30.1 Å². The number of pyridine rings is 1. The Bertz CT molecular complexity index is 739. The predicted molar refractivity (Wildman–Crippen MR) is 77.6 cm³/mol. The van der Waals surface area contributed by atoms with Gasteiger partial charge in [0.2, 0.25) is 5.56 Å². The summed E-state index contributed by atoms with van der Waals surface area (Å²) in [7, 11) is 1.77. The van der Waals surface area contributed by atoms with Crippen LogP contribution in [-0.4, -0.2) is 32.3 Å². The zero-order valence-electron chi connectivity index (χ0n) is 11.9. The van der Waals surface area contributed by atoms with Crippen LogP contribution in [0.1, 0.15) is 23.6 Å². The smallest absolute Gasteiger partial charge is 0.250 e. The van der Waals surface area contributed by atoms with E-state index >= 15 is 0 Å². The summed E-state index contributed by atoms with van der Waals surface area (Å²) in [5.41, 5.74) is 1.75. The Kier molecular flexibility index (Phi) is 3.59. The Labute approximate surface area is 122 Å². The number of nitrogens with zero attached hydrogens (tertiary/aromatic N) is 5. The van der Waals surface area contributed by atoms with E-state index in [1.807, 2.05) is 16.9 Å². The minimum absolute atomic E-state index is 0.0126. The lowest BCUT2D eigenvalue weighted by atomic mass is 10.2. The highest BCUT2D eigenvalue weighted by molar-refractivity contribution is 5.22. The number of nitriles is 1. The van der Waals surface area contributed by atoms with Gasteiger partial charge in [-0.15, -0.1) is 0 Å². The van der Waals surface area contributed by atoms with Gasteiger partial charge in [0.25, 0.3) is 0 Å². The highest BCUT2D eigenvalue weighted by atomic mass is 16.1. The van der Waals surface area contributed by atoms with Crippen molar-refractivity contribution in [1.29, 1.82) is 5.26 Å². The number of likely N-dealkylation sites (tertiary alicyclic amines) is 1. The third kappa shape index (κ3) is 2.88. The van der Waals surface area contributed by atoms with Gasteiger partial charge in [-0.25, -0.2) is 0 Å². The molecule has 0 radical (unpaired) electrons. The van der Waals surface area contributed by atoms with Crippen LogP contribution in [0.25, 0.3) is 0 Å². The lowest BCUT2D eigenvalue weighted by molar-refractivity contribution is 0.311. The van der Waals surface area contributed by atoms with Gasteiger partial charge in [-0.3, -0.25) is 14.4 Å². The zero-order valence-corrected chi connectivity index (χ0v) is 11.9. The fourth-order valence-corrected chi connectivity index (χ4v) is 2.77. The molecule has 1 unspecified atom stereocenters. The largest absolute Gasteiger partial charge is 0.318 e. The highest BCUT2D eigenvalue weighted by Crippen LogP contribution is 2.22. The molecular formula is C15H17N5O. The van der Waals surface area contributed by atoms with Crippen LogP contribution in [0.2, 0.25) is 0 Å². The number of hydrogen-bond donors (Lipinski definition) is 0. The number of aromatic nitrogens is 3. The number of aryl methyl sites for hydroxylation is 1. The van der Waals surface area contributed by atoms with Crippen LogP contribution in [0.4, 0.5) is 0 Å². The Morgan fingerprint density at radius 1 is 1.43 bits per heavy atom. The lowest BCUT2D eigenvalue weighted by Gasteiger charge is -2.16. The van der Waals surface area contributed by atoms with E-state index in [4.69, 9.17) is 5.26 Å². The van der Waals surface area contributed by atoms with Gasteiger partial charge in [-0.05, 0) is 12.0 Å². The first-order valence-corrected chi connectivity index (χ1v) is 6.98. The van der Waals surface area contributed by atoms with Crippen molar-refractivity contribution in [1.82, 2.24) is 19.2 Å². The molecule has 108 valence electrons. The molecule has 1 aliphatic rings. The van der Waals surface area contributed by atoms with E-state index in [2.05, 4.69) is 16.1 Å². The van der Waals surface area contributed by atoms with Crippen molar-refractivity contribution in [3.8, 4) is 6.07 Å². The second-order valence-electron chi connectivity index (χ2n) is 5.48. The monoisotopic (exact) mass is 283 g/mol. The Balaban J connectivity index is 1.65. The molecule has 0 aliphatic carbocycles. The normalized spacial score (nSPS) is 18.8. The van der Waals surface area contributed by atoms with Crippen molar-refractivity contribution >= 4 is 0 Å². The maximum Gasteiger partial charge on any atom is 0.250 e. The topological polar surface area (TPSA) is 66.8 Å². The summed E-state index contributed by atoms with van der Waals surface area (Å²) in [6.07, 6.45) is 6.33. The maximum absolute atomic E-state index is 11.4. The van der Waals surface area contributed by atoms with Crippen molar-refractivity contribution < 1.29 is 0 Å². The van der Waals surface area contributed by atoms with E-state index in [-0.39, 0.29) is 5.56 Å². The predicted octanol–water partition coefficient (Wildman–Crippen LogP) is 0.900. The molecule has 1 fully saturated rings. The van der Waals surface area contributed by atoms with Crippen LogP contribution in [0.15, 0.2) is 35.5 Å². The molecule has 1 saturated heterocycles. The van der Waals surface area contributed by atoms with Crippen LogP contribution in [0.5, 0.6) is 0 Å². The molecule has 0 spiro atoms. The molecule has 0 bridgehead atoms. The van der Waals surface area contributed by atoms with Gasteiger partial charge < -0.3 is 4.57 Å². The highest BCUT2D eigenvalue weighted by Gasteiger charge is 2.24. The average Bonchev–Trinajstić information content (AvgIpc) is 3.11. The summed E-state index contributed by atoms with van der Waals surface area (Å²) in [6.45, 7) is 2.74. The molecular weight excluding hydrogens is 266 g/mol. The Hall–Kier alpha value is -2.39. The summed E-state index contributed by atoms with van der Waals surface area (Å²) in [6, 6.07) is 5.92. The molecule has 0 saturated carbocycles. The molecule has 6 heteroatoms. The van der Waals surface area contributed by atoms with Gasteiger partial charge in [0, 0.05) is 45.1 Å². The molecule has 0 amide bonds. The summed E-state index contributed by atoms with van der Waals surface area (Å²) >= 11 is 0. The van der Waals surface area contributed by atoms with E-state index in [0.717, 1.165) is 31.6 Å².